The van der Waals surface area contributed by atoms with Crippen LogP contribution < -0.4 is 0 Å². The second kappa shape index (κ2) is 4.74. The average molecular weight is 184 g/mol. The highest BCUT2D eigenvalue weighted by atomic mass is 35.5. The van der Waals surface area contributed by atoms with E-state index in [2.05, 4.69) is 0 Å². The van der Waals surface area contributed by atoms with E-state index in [4.69, 9.17) is 16.9 Å². The lowest BCUT2D eigenvalue weighted by molar-refractivity contribution is -0.104. The van der Waals surface area contributed by atoms with Gasteiger partial charge in [0.1, 0.15) is 12.4 Å². The molecular weight excluding hydrogens is 174 g/mol. The molecule has 0 saturated heterocycles. The molecule has 0 aliphatic rings. The highest BCUT2D eigenvalue weighted by Gasteiger charge is 2.06. The van der Waals surface area contributed by atoms with Gasteiger partial charge in [-0.15, -0.1) is 0 Å². The summed E-state index contributed by atoms with van der Waals surface area (Å²) >= 11 is 5.76. The highest BCUT2D eigenvalue weighted by molar-refractivity contribution is 6.34. The van der Waals surface area contributed by atoms with Gasteiger partial charge in [0, 0.05) is 5.57 Å². The average Bonchev–Trinajstić information content (AvgIpc) is 2.03. The van der Waals surface area contributed by atoms with Crippen LogP contribution in [0.5, 0.6) is 0 Å². The standard InChI is InChI=1S/C9H10ClNO/c1-6(2)8(4-11)9(10)7(3)5-12/h5H,1-3H3/b9-7-. The summed E-state index contributed by atoms with van der Waals surface area (Å²) in [5.74, 6) is 0. The molecule has 12 heavy (non-hydrogen) atoms. The Morgan fingerprint density at radius 3 is 2.17 bits per heavy atom. The van der Waals surface area contributed by atoms with Gasteiger partial charge in [0.2, 0.25) is 0 Å². The van der Waals surface area contributed by atoms with Crippen LogP contribution in [-0.4, -0.2) is 6.29 Å². The van der Waals surface area contributed by atoms with Crippen LogP contribution in [0.15, 0.2) is 21.8 Å². The molecule has 0 spiro atoms. The third-order valence-electron chi connectivity index (χ3n) is 1.35. The summed E-state index contributed by atoms with van der Waals surface area (Å²) in [6.07, 6.45) is 0.641. The number of nitrogens with zero attached hydrogens (tertiary/aromatic N) is 1. The second-order valence-corrected chi connectivity index (χ2v) is 2.98. The van der Waals surface area contributed by atoms with E-state index in [-0.39, 0.29) is 5.03 Å². The zero-order chi connectivity index (χ0) is 9.72. The number of carbonyl (C=O) groups excluding carboxylic acids is 1. The Kier molecular flexibility index (Phi) is 4.31. The molecule has 0 saturated carbocycles. The molecule has 0 rings (SSSR count). The van der Waals surface area contributed by atoms with Gasteiger partial charge in [0.25, 0.3) is 0 Å². The zero-order valence-corrected chi connectivity index (χ0v) is 8.07. The maximum absolute atomic E-state index is 10.3. The van der Waals surface area contributed by atoms with Crippen LogP contribution in [0.1, 0.15) is 20.8 Å². The lowest BCUT2D eigenvalue weighted by Crippen LogP contribution is -1.88. The summed E-state index contributed by atoms with van der Waals surface area (Å²) in [5.41, 5.74) is 1.57. The molecule has 0 atom stereocenters. The fourth-order valence-corrected chi connectivity index (χ4v) is 0.905. The predicted octanol–water partition coefficient (Wildman–Crippen LogP) is 2.56. The highest BCUT2D eigenvalue weighted by Crippen LogP contribution is 2.20. The molecule has 0 fully saturated rings. The van der Waals surface area contributed by atoms with Crippen molar-refractivity contribution in [2.45, 2.75) is 20.8 Å². The quantitative estimate of drug-likeness (QED) is 0.286. The SMILES string of the molecule is CC(C)=C(C#N)/C(Cl)=C(\C)C=O. The van der Waals surface area contributed by atoms with Crippen molar-refractivity contribution >= 4 is 17.9 Å². The molecule has 2 nitrogen and oxygen atoms in total. The molecule has 0 aromatic rings. The first-order chi connectivity index (χ1) is 5.54. The smallest absolute Gasteiger partial charge is 0.147 e. The van der Waals surface area contributed by atoms with Gasteiger partial charge in [-0.25, -0.2) is 0 Å². The van der Waals surface area contributed by atoms with Crippen molar-refractivity contribution < 1.29 is 4.79 Å². The summed E-state index contributed by atoms with van der Waals surface area (Å²) in [6.45, 7) is 5.13. The topological polar surface area (TPSA) is 40.9 Å². The third-order valence-corrected chi connectivity index (χ3v) is 1.84. The summed E-state index contributed by atoms with van der Waals surface area (Å²) in [4.78, 5) is 10.3. The summed E-state index contributed by atoms with van der Waals surface area (Å²) in [5, 5.41) is 8.91. The Labute approximate surface area is 77.1 Å². The Bertz CT molecular complexity index is 290. The molecule has 0 amide bonds. The van der Waals surface area contributed by atoms with E-state index >= 15 is 0 Å². The Hall–Kier alpha value is -1.07. The molecule has 0 radical (unpaired) electrons. The summed E-state index contributed by atoms with van der Waals surface area (Å²) in [7, 11) is 0. The van der Waals surface area contributed by atoms with Crippen molar-refractivity contribution in [2.24, 2.45) is 0 Å². The lowest BCUT2D eigenvalue weighted by atomic mass is 10.1. The predicted molar refractivity (Wildman–Crippen MR) is 48.6 cm³/mol. The molecular formula is C9H10ClNO. The van der Waals surface area contributed by atoms with Crippen molar-refractivity contribution in [3.8, 4) is 6.07 Å². The molecule has 64 valence electrons. The number of hydrogen-bond donors (Lipinski definition) is 0. The van der Waals surface area contributed by atoms with Crippen LogP contribution in [0, 0.1) is 11.3 Å². The molecule has 0 aromatic heterocycles. The number of halogens is 1. The van der Waals surface area contributed by atoms with Crippen molar-refractivity contribution in [2.75, 3.05) is 0 Å². The van der Waals surface area contributed by atoms with E-state index in [9.17, 15) is 4.79 Å². The van der Waals surface area contributed by atoms with Gasteiger partial charge in [0.15, 0.2) is 0 Å². The van der Waals surface area contributed by atoms with E-state index < -0.39 is 0 Å². The first kappa shape index (κ1) is 10.9. The van der Waals surface area contributed by atoms with E-state index in [1.54, 1.807) is 20.8 Å². The molecule has 0 aliphatic heterocycles. The third kappa shape index (κ3) is 2.52. The van der Waals surface area contributed by atoms with Crippen LogP contribution in [0.4, 0.5) is 0 Å². The number of allylic oxidation sites excluding steroid dienone is 4. The van der Waals surface area contributed by atoms with E-state index in [0.29, 0.717) is 17.4 Å². The Morgan fingerprint density at radius 1 is 1.42 bits per heavy atom. The first-order valence-electron chi connectivity index (χ1n) is 3.44. The normalized spacial score (nSPS) is 11.2. The van der Waals surface area contributed by atoms with Gasteiger partial charge in [-0.05, 0) is 20.8 Å². The number of hydrogen-bond acceptors (Lipinski definition) is 2. The summed E-state index contributed by atoms with van der Waals surface area (Å²) in [6, 6.07) is 1.95. The van der Waals surface area contributed by atoms with Crippen molar-refractivity contribution in [1.29, 1.82) is 5.26 Å². The number of rotatable bonds is 2. The van der Waals surface area contributed by atoms with E-state index in [1.165, 1.54) is 0 Å². The monoisotopic (exact) mass is 183 g/mol. The number of nitriles is 1. The zero-order valence-electron chi connectivity index (χ0n) is 7.31. The van der Waals surface area contributed by atoms with Gasteiger partial charge in [0.05, 0.1) is 10.6 Å². The minimum Gasteiger partial charge on any atom is -0.298 e. The van der Waals surface area contributed by atoms with Crippen molar-refractivity contribution in [3.05, 3.63) is 21.8 Å². The Morgan fingerprint density at radius 2 is 1.92 bits per heavy atom. The minimum absolute atomic E-state index is 0.243. The van der Waals surface area contributed by atoms with Crippen LogP contribution in [0.3, 0.4) is 0 Å². The van der Waals surface area contributed by atoms with Gasteiger partial charge >= 0.3 is 0 Å². The van der Waals surface area contributed by atoms with Crippen LogP contribution >= 0.6 is 11.6 Å². The maximum atomic E-state index is 10.3. The number of carbonyl (C=O) groups is 1. The van der Waals surface area contributed by atoms with Crippen LogP contribution in [0.25, 0.3) is 0 Å². The summed E-state index contributed by atoms with van der Waals surface area (Å²) < 4.78 is 0. The molecule has 0 N–H and O–H groups in total. The lowest BCUT2D eigenvalue weighted by Gasteiger charge is -1.99. The first-order valence-corrected chi connectivity index (χ1v) is 3.81. The van der Waals surface area contributed by atoms with Crippen LogP contribution in [-0.2, 0) is 4.79 Å². The van der Waals surface area contributed by atoms with Crippen molar-refractivity contribution in [3.63, 3.8) is 0 Å². The van der Waals surface area contributed by atoms with E-state index in [1.807, 2.05) is 6.07 Å². The fourth-order valence-electron chi connectivity index (χ4n) is 0.629. The molecule has 3 heteroatoms. The Balaban J connectivity index is 5.21. The fraction of sp³-hybridized carbons (Fsp3) is 0.333. The minimum atomic E-state index is 0.243. The molecule has 0 aromatic carbocycles. The van der Waals surface area contributed by atoms with Gasteiger partial charge in [-0.1, -0.05) is 17.2 Å². The van der Waals surface area contributed by atoms with E-state index in [0.717, 1.165) is 5.57 Å². The van der Waals surface area contributed by atoms with Crippen LogP contribution in [0.2, 0.25) is 0 Å². The maximum Gasteiger partial charge on any atom is 0.147 e. The van der Waals surface area contributed by atoms with Gasteiger partial charge < -0.3 is 0 Å². The molecule has 0 bridgehead atoms. The second-order valence-electron chi connectivity index (χ2n) is 2.60. The largest absolute Gasteiger partial charge is 0.298 e. The molecule has 0 unspecified atom stereocenters. The van der Waals surface area contributed by atoms with Crippen molar-refractivity contribution in [1.82, 2.24) is 0 Å². The molecule has 0 aliphatic carbocycles. The number of aldehydes is 1. The van der Waals surface area contributed by atoms with Gasteiger partial charge in [-0.2, -0.15) is 5.26 Å². The van der Waals surface area contributed by atoms with Gasteiger partial charge in [-0.3, -0.25) is 4.79 Å². The molecule has 0 heterocycles.